The van der Waals surface area contributed by atoms with Gasteiger partial charge in [-0.2, -0.15) is 0 Å². The number of benzene rings is 2. The van der Waals surface area contributed by atoms with Gasteiger partial charge in [-0.25, -0.2) is 8.42 Å². The summed E-state index contributed by atoms with van der Waals surface area (Å²) in [7, 11) is -2.38. The van der Waals surface area contributed by atoms with Gasteiger partial charge in [0.15, 0.2) is 0 Å². The molecule has 0 heterocycles. The Morgan fingerprint density at radius 1 is 1.11 bits per heavy atom. The number of carbonyl (C=O) groups excluding carboxylic acids is 1. The molecule has 7 heteroatoms. The van der Waals surface area contributed by atoms with Gasteiger partial charge in [-0.15, -0.1) is 0 Å². The van der Waals surface area contributed by atoms with Gasteiger partial charge in [0.05, 0.1) is 17.7 Å². The van der Waals surface area contributed by atoms with E-state index >= 15 is 0 Å². The third-order valence-electron chi connectivity index (χ3n) is 4.68. The van der Waals surface area contributed by atoms with Crippen LogP contribution >= 0.6 is 0 Å². The summed E-state index contributed by atoms with van der Waals surface area (Å²) in [5.41, 5.74) is 0.389. The quantitative estimate of drug-likeness (QED) is 0.791. The number of carbonyl (C=O) groups is 1. The second kappa shape index (κ2) is 8.43. The van der Waals surface area contributed by atoms with Gasteiger partial charge in [0, 0.05) is 12.1 Å². The van der Waals surface area contributed by atoms with Gasteiger partial charge in [-0.05, 0) is 37.1 Å². The average molecular weight is 388 g/mol. The zero-order chi connectivity index (χ0) is 19.3. The molecule has 0 radical (unpaired) electrons. The van der Waals surface area contributed by atoms with Crippen LogP contribution in [0.3, 0.4) is 0 Å². The second-order valence-corrected chi connectivity index (χ2v) is 8.44. The monoisotopic (exact) mass is 388 g/mol. The topological polar surface area (TPSA) is 75.7 Å². The van der Waals surface area contributed by atoms with Crippen LogP contribution in [0.4, 0.5) is 5.69 Å². The van der Waals surface area contributed by atoms with Crippen molar-refractivity contribution in [1.82, 2.24) is 5.32 Å². The van der Waals surface area contributed by atoms with Crippen molar-refractivity contribution in [3.63, 3.8) is 0 Å². The summed E-state index contributed by atoms with van der Waals surface area (Å²) < 4.78 is 32.8. The summed E-state index contributed by atoms with van der Waals surface area (Å²) in [6.45, 7) is -0.277. The molecule has 1 amide bonds. The molecule has 1 fully saturated rings. The van der Waals surface area contributed by atoms with E-state index in [0.29, 0.717) is 11.4 Å². The van der Waals surface area contributed by atoms with Crippen molar-refractivity contribution >= 4 is 21.6 Å². The molecule has 27 heavy (non-hydrogen) atoms. The third-order valence-corrected chi connectivity index (χ3v) is 6.47. The van der Waals surface area contributed by atoms with Crippen molar-refractivity contribution in [2.24, 2.45) is 0 Å². The number of ether oxygens (including phenoxy) is 1. The Morgan fingerprint density at radius 2 is 1.81 bits per heavy atom. The Bertz CT molecular complexity index is 878. The lowest BCUT2D eigenvalue weighted by Crippen LogP contribution is -2.43. The van der Waals surface area contributed by atoms with E-state index in [0.717, 1.165) is 30.0 Å². The van der Waals surface area contributed by atoms with E-state index in [9.17, 15) is 13.2 Å². The highest BCUT2D eigenvalue weighted by atomic mass is 32.2. The Kier molecular flexibility index (Phi) is 6.01. The van der Waals surface area contributed by atoms with E-state index < -0.39 is 10.0 Å². The maximum Gasteiger partial charge on any atom is 0.264 e. The highest BCUT2D eigenvalue weighted by Crippen LogP contribution is 2.27. The molecule has 0 atom stereocenters. The van der Waals surface area contributed by atoms with E-state index in [1.807, 2.05) is 0 Å². The molecule has 1 saturated carbocycles. The minimum Gasteiger partial charge on any atom is -0.497 e. The zero-order valence-corrected chi connectivity index (χ0v) is 16.1. The maximum absolute atomic E-state index is 13.2. The molecule has 6 nitrogen and oxygen atoms in total. The lowest BCUT2D eigenvalue weighted by molar-refractivity contribution is -0.120. The fourth-order valence-corrected chi connectivity index (χ4v) is 4.71. The first-order chi connectivity index (χ1) is 13.0. The van der Waals surface area contributed by atoms with Crippen molar-refractivity contribution < 1.29 is 17.9 Å². The molecule has 3 rings (SSSR count). The van der Waals surface area contributed by atoms with Crippen molar-refractivity contribution in [3.8, 4) is 5.75 Å². The standard InChI is InChI=1S/C20H24N2O4S/c1-26-18-11-7-10-17(14-18)22(15-20(23)21-16-8-5-6-9-16)27(24,25)19-12-3-2-4-13-19/h2-4,7,10-14,16H,5-6,8-9,15H2,1H3,(H,21,23). The van der Waals surface area contributed by atoms with Gasteiger partial charge in [0.2, 0.25) is 5.91 Å². The normalized spacial score (nSPS) is 14.7. The van der Waals surface area contributed by atoms with E-state index in [2.05, 4.69) is 5.32 Å². The van der Waals surface area contributed by atoms with Crippen LogP contribution in [0.15, 0.2) is 59.5 Å². The number of methoxy groups -OCH3 is 1. The minimum atomic E-state index is -3.89. The number of rotatable bonds is 7. The van der Waals surface area contributed by atoms with Crippen molar-refractivity contribution in [2.75, 3.05) is 18.0 Å². The number of hydrogen-bond acceptors (Lipinski definition) is 4. The number of sulfonamides is 1. The average Bonchev–Trinajstić information content (AvgIpc) is 3.19. The van der Waals surface area contributed by atoms with Crippen LogP contribution in [0.25, 0.3) is 0 Å². The molecule has 144 valence electrons. The minimum absolute atomic E-state index is 0.129. The summed E-state index contributed by atoms with van der Waals surface area (Å²) in [6.07, 6.45) is 4.06. The van der Waals surface area contributed by atoms with Crippen LogP contribution < -0.4 is 14.4 Å². The third kappa shape index (κ3) is 4.60. The molecule has 1 aliphatic rings. The number of hydrogen-bond donors (Lipinski definition) is 1. The van der Waals surface area contributed by atoms with E-state index in [1.165, 1.54) is 19.2 Å². The largest absolute Gasteiger partial charge is 0.497 e. The molecular formula is C20H24N2O4S. The van der Waals surface area contributed by atoms with Crippen LogP contribution in [-0.4, -0.2) is 34.0 Å². The van der Waals surface area contributed by atoms with Crippen LogP contribution in [0.1, 0.15) is 25.7 Å². The molecule has 0 unspecified atom stereocenters. The molecule has 2 aromatic carbocycles. The van der Waals surface area contributed by atoms with Gasteiger partial charge >= 0.3 is 0 Å². The van der Waals surface area contributed by atoms with E-state index in [4.69, 9.17) is 4.74 Å². The Labute approximate surface area is 160 Å². The second-order valence-electron chi connectivity index (χ2n) is 6.58. The number of nitrogens with one attached hydrogen (secondary N) is 1. The highest BCUT2D eigenvalue weighted by Gasteiger charge is 2.28. The molecule has 0 spiro atoms. The first-order valence-corrected chi connectivity index (χ1v) is 10.5. The smallest absolute Gasteiger partial charge is 0.264 e. The number of nitrogens with zero attached hydrogens (tertiary/aromatic N) is 1. The lowest BCUT2D eigenvalue weighted by Gasteiger charge is -2.25. The van der Waals surface area contributed by atoms with Gasteiger partial charge in [0.1, 0.15) is 12.3 Å². The predicted octanol–water partition coefficient (Wildman–Crippen LogP) is 2.95. The molecule has 1 N–H and O–H groups in total. The Hall–Kier alpha value is -2.54. The molecule has 0 bridgehead atoms. The molecule has 0 aromatic heterocycles. The Balaban J connectivity index is 1.91. The van der Waals surface area contributed by atoms with Crippen LogP contribution in [-0.2, 0) is 14.8 Å². The van der Waals surface area contributed by atoms with Gasteiger partial charge in [-0.3, -0.25) is 9.10 Å². The van der Waals surface area contributed by atoms with E-state index in [-0.39, 0.29) is 23.4 Å². The van der Waals surface area contributed by atoms with Crippen LogP contribution in [0, 0.1) is 0 Å². The summed E-state index contributed by atoms with van der Waals surface area (Å²) in [6, 6.07) is 15.0. The molecule has 1 aliphatic carbocycles. The first-order valence-electron chi connectivity index (χ1n) is 9.02. The number of anilines is 1. The number of amides is 1. The molecule has 0 saturated heterocycles. The SMILES string of the molecule is COc1cccc(N(CC(=O)NC2CCCC2)S(=O)(=O)c2ccccc2)c1. The zero-order valence-electron chi connectivity index (χ0n) is 15.3. The summed E-state index contributed by atoms with van der Waals surface area (Å²) >= 11 is 0. The molecule has 0 aliphatic heterocycles. The fraction of sp³-hybridized carbons (Fsp3) is 0.350. The Morgan fingerprint density at radius 3 is 2.48 bits per heavy atom. The predicted molar refractivity (Wildman–Crippen MR) is 104 cm³/mol. The van der Waals surface area contributed by atoms with Crippen molar-refractivity contribution in [1.29, 1.82) is 0 Å². The highest BCUT2D eigenvalue weighted by molar-refractivity contribution is 7.92. The van der Waals surface area contributed by atoms with E-state index in [1.54, 1.807) is 42.5 Å². The van der Waals surface area contributed by atoms with Crippen molar-refractivity contribution in [2.45, 2.75) is 36.6 Å². The first kappa shape index (κ1) is 19.2. The summed E-state index contributed by atoms with van der Waals surface area (Å²) in [4.78, 5) is 12.7. The van der Waals surface area contributed by atoms with Gasteiger partial charge < -0.3 is 10.1 Å². The van der Waals surface area contributed by atoms with Gasteiger partial charge in [-0.1, -0.05) is 37.1 Å². The van der Waals surface area contributed by atoms with Gasteiger partial charge in [0.25, 0.3) is 10.0 Å². The fourth-order valence-electron chi connectivity index (χ4n) is 3.27. The van der Waals surface area contributed by atoms with Crippen LogP contribution in [0.5, 0.6) is 5.75 Å². The van der Waals surface area contributed by atoms with Crippen LogP contribution in [0.2, 0.25) is 0 Å². The summed E-state index contributed by atoms with van der Waals surface area (Å²) in [5.74, 6) is 0.223. The van der Waals surface area contributed by atoms with Crippen molar-refractivity contribution in [3.05, 3.63) is 54.6 Å². The molecular weight excluding hydrogens is 364 g/mol. The molecule has 2 aromatic rings. The maximum atomic E-state index is 13.2. The summed E-state index contributed by atoms with van der Waals surface area (Å²) in [5, 5.41) is 2.95. The lowest BCUT2D eigenvalue weighted by atomic mass is 10.2.